The molecule has 0 fully saturated rings. The number of nitrogens with zero attached hydrogens (tertiary/aromatic N) is 4. The molecular formula is C25H28F3N5O2. The first-order valence-electron chi connectivity index (χ1n) is 11.2. The molecule has 2 heterocycles. The molecule has 2 aromatic heterocycles. The summed E-state index contributed by atoms with van der Waals surface area (Å²) in [5, 5.41) is 22.0. The Labute approximate surface area is 200 Å². The number of fused-ring (bicyclic) bond motifs is 2. The number of alkyl halides is 2. The molecule has 4 rings (SSSR count). The lowest BCUT2D eigenvalue weighted by molar-refractivity contribution is -0.0583. The van der Waals surface area contributed by atoms with E-state index in [4.69, 9.17) is 5.11 Å². The maximum absolute atomic E-state index is 15.0. The number of aliphatic hydroxyl groups is 1. The fourth-order valence-electron chi connectivity index (χ4n) is 4.40. The molecule has 4 aromatic rings. The Morgan fingerprint density at radius 1 is 1.11 bits per heavy atom. The lowest BCUT2D eigenvalue weighted by Crippen LogP contribution is -2.34. The predicted octanol–water partition coefficient (Wildman–Crippen LogP) is 4.74. The lowest BCUT2D eigenvalue weighted by Gasteiger charge is -2.22. The summed E-state index contributed by atoms with van der Waals surface area (Å²) in [6, 6.07) is 6.66. The SMILES string of the molecule is Cc1nnc(N[C@H](C)c2cccc(C(F)(F)CO)c2F)c2cc3c(cc12)n(C)c(=O)n3C(C)(C)C. The molecule has 0 aliphatic heterocycles. The van der Waals surface area contributed by atoms with Gasteiger partial charge in [-0.3, -0.25) is 9.13 Å². The van der Waals surface area contributed by atoms with Crippen molar-refractivity contribution in [3.05, 3.63) is 63.5 Å². The number of halogens is 3. The van der Waals surface area contributed by atoms with Crippen LogP contribution in [0.4, 0.5) is 19.0 Å². The molecule has 10 heteroatoms. The van der Waals surface area contributed by atoms with Crippen LogP contribution in [0.15, 0.2) is 35.1 Å². The highest BCUT2D eigenvalue weighted by molar-refractivity contribution is 6.01. The summed E-state index contributed by atoms with van der Waals surface area (Å²) < 4.78 is 46.3. The third-order valence-electron chi connectivity index (χ3n) is 6.25. The van der Waals surface area contributed by atoms with E-state index < -0.39 is 35.5 Å². The highest BCUT2D eigenvalue weighted by Crippen LogP contribution is 2.35. The third kappa shape index (κ3) is 4.05. The summed E-state index contributed by atoms with van der Waals surface area (Å²) >= 11 is 0. The first-order valence-corrected chi connectivity index (χ1v) is 11.2. The molecule has 2 N–H and O–H groups in total. The zero-order chi connectivity index (χ0) is 25.9. The molecule has 0 radical (unpaired) electrons. The van der Waals surface area contributed by atoms with E-state index in [0.29, 0.717) is 22.4 Å². The van der Waals surface area contributed by atoms with Crippen molar-refractivity contribution in [1.82, 2.24) is 19.3 Å². The van der Waals surface area contributed by atoms with Gasteiger partial charge in [0.05, 0.1) is 28.3 Å². The number of nitrogens with one attached hydrogen (secondary N) is 1. The van der Waals surface area contributed by atoms with Crippen LogP contribution in [0.5, 0.6) is 0 Å². The number of hydrogen-bond donors (Lipinski definition) is 2. The molecule has 0 amide bonds. The average Bonchev–Trinajstić information content (AvgIpc) is 3.04. The molecular weight excluding hydrogens is 459 g/mol. The molecule has 0 saturated carbocycles. The van der Waals surface area contributed by atoms with E-state index in [1.165, 1.54) is 12.1 Å². The molecule has 35 heavy (non-hydrogen) atoms. The maximum atomic E-state index is 15.0. The van der Waals surface area contributed by atoms with Crippen LogP contribution in [0, 0.1) is 12.7 Å². The van der Waals surface area contributed by atoms with Gasteiger partial charge < -0.3 is 10.4 Å². The van der Waals surface area contributed by atoms with Crippen LogP contribution in [0.25, 0.3) is 21.8 Å². The quantitative estimate of drug-likeness (QED) is 0.425. The number of benzene rings is 2. The Morgan fingerprint density at radius 3 is 2.40 bits per heavy atom. The van der Waals surface area contributed by atoms with Crippen LogP contribution in [-0.2, 0) is 18.5 Å². The number of aliphatic hydroxyl groups excluding tert-OH is 1. The molecule has 0 unspecified atom stereocenters. The van der Waals surface area contributed by atoms with Gasteiger partial charge in [0, 0.05) is 28.9 Å². The lowest BCUT2D eigenvalue weighted by atomic mass is 10.00. The number of imidazole rings is 1. The van der Waals surface area contributed by atoms with Crippen LogP contribution >= 0.6 is 0 Å². The highest BCUT2D eigenvalue weighted by atomic mass is 19.3. The average molecular weight is 488 g/mol. The Morgan fingerprint density at radius 2 is 1.77 bits per heavy atom. The minimum atomic E-state index is -3.70. The minimum absolute atomic E-state index is 0.00135. The molecule has 0 spiro atoms. The smallest absolute Gasteiger partial charge is 0.329 e. The molecule has 1 atom stereocenters. The van der Waals surface area contributed by atoms with Gasteiger partial charge in [-0.05, 0) is 52.8 Å². The van der Waals surface area contributed by atoms with Crippen molar-refractivity contribution in [1.29, 1.82) is 0 Å². The van der Waals surface area contributed by atoms with Crippen LogP contribution < -0.4 is 11.0 Å². The molecule has 0 aliphatic carbocycles. The number of aromatic nitrogens is 4. The Hall–Kier alpha value is -3.40. The molecule has 2 aromatic carbocycles. The molecule has 0 bridgehead atoms. The Bertz CT molecular complexity index is 1500. The van der Waals surface area contributed by atoms with Gasteiger partial charge in [-0.25, -0.2) is 9.18 Å². The van der Waals surface area contributed by atoms with Gasteiger partial charge in [-0.2, -0.15) is 13.9 Å². The summed E-state index contributed by atoms with van der Waals surface area (Å²) in [4.78, 5) is 13.0. The van der Waals surface area contributed by atoms with Gasteiger partial charge in [0.25, 0.3) is 5.92 Å². The normalized spacial score (nSPS) is 13.5. The van der Waals surface area contributed by atoms with Crippen molar-refractivity contribution in [3.8, 4) is 0 Å². The second kappa shape index (κ2) is 8.37. The predicted molar refractivity (Wildman–Crippen MR) is 129 cm³/mol. The molecule has 0 saturated heterocycles. The zero-order valence-corrected chi connectivity index (χ0v) is 20.4. The first-order chi connectivity index (χ1) is 16.3. The van der Waals surface area contributed by atoms with Crippen LogP contribution in [0.2, 0.25) is 0 Å². The summed E-state index contributed by atoms with van der Waals surface area (Å²) in [6.45, 7) is 7.74. The van der Waals surface area contributed by atoms with Crippen LogP contribution in [0.3, 0.4) is 0 Å². The maximum Gasteiger partial charge on any atom is 0.329 e. The van der Waals surface area contributed by atoms with Crippen molar-refractivity contribution in [2.45, 2.75) is 52.1 Å². The van der Waals surface area contributed by atoms with Gasteiger partial charge >= 0.3 is 5.69 Å². The van der Waals surface area contributed by atoms with Gasteiger partial charge in [-0.1, -0.05) is 12.1 Å². The fraction of sp³-hybridized carbons (Fsp3) is 0.400. The van der Waals surface area contributed by atoms with Crippen molar-refractivity contribution in [2.24, 2.45) is 7.05 Å². The highest BCUT2D eigenvalue weighted by Gasteiger charge is 2.35. The second-order valence-corrected chi connectivity index (χ2v) is 9.81. The largest absolute Gasteiger partial charge is 0.390 e. The monoisotopic (exact) mass is 487 g/mol. The van der Waals surface area contributed by atoms with E-state index in [1.54, 1.807) is 30.0 Å². The van der Waals surface area contributed by atoms with Crippen LogP contribution in [-0.4, -0.2) is 31.0 Å². The number of rotatable bonds is 5. The third-order valence-corrected chi connectivity index (χ3v) is 6.25. The standard InChI is InChI=1S/C25H28F3N5O2/c1-13(15-8-7-9-18(21(15)26)25(27,28)12-34)29-22-17-11-20-19(10-16(17)14(2)30-31-22)32(6)23(35)33(20)24(3,4)5/h7-11,13,34H,12H2,1-6H3,(H,29,31)/t13-/m1/s1. The molecule has 0 aliphatic rings. The van der Waals surface area contributed by atoms with Crippen molar-refractivity contribution >= 4 is 27.6 Å². The number of aryl methyl sites for hydroxylation is 2. The Balaban J connectivity index is 1.88. The molecule has 7 nitrogen and oxygen atoms in total. The summed E-state index contributed by atoms with van der Waals surface area (Å²) in [7, 11) is 1.71. The summed E-state index contributed by atoms with van der Waals surface area (Å²) in [5.74, 6) is -4.47. The van der Waals surface area contributed by atoms with E-state index in [1.807, 2.05) is 32.9 Å². The number of hydrogen-bond acceptors (Lipinski definition) is 5. The summed E-state index contributed by atoms with van der Waals surface area (Å²) in [6.07, 6.45) is 0. The Kier molecular flexibility index (Phi) is 5.91. The van der Waals surface area contributed by atoms with E-state index in [0.717, 1.165) is 17.0 Å². The minimum Gasteiger partial charge on any atom is -0.390 e. The van der Waals surface area contributed by atoms with E-state index >= 15 is 4.39 Å². The zero-order valence-electron chi connectivity index (χ0n) is 20.4. The van der Waals surface area contributed by atoms with Crippen molar-refractivity contribution in [2.75, 3.05) is 11.9 Å². The second-order valence-electron chi connectivity index (χ2n) is 9.81. The van der Waals surface area contributed by atoms with Crippen LogP contribution in [0.1, 0.15) is 50.6 Å². The van der Waals surface area contributed by atoms with Gasteiger partial charge in [0.2, 0.25) is 0 Å². The van der Waals surface area contributed by atoms with E-state index in [-0.39, 0.29) is 11.3 Å². The topological polar surface area (TPSA) is 85.0 Å². The fourth-order valence-corrected chi connectivity index (χ4v) is 4.40. The first kappa shape index (κ1) is 24.7. The van der Waals surface area contributed by atoms with Crippen molar-refractivity contribution < 1.29 is 18.3 Å². The van der Waals surface area contributed by atoms with E-state index in [2.05, 4.69) is 15.5 Å². The van der Waals surface area contributed by atoms with Gasteiger partial charge in [-0.15, -0.1) is 5.10 Å². The summed E-state index contributed by atoms with van der Waals surface area (Å²) in [5.41, 5.74) is 0.570. The van der Waals surface area contributed by atoms with Gasteiger partial charge in [0.15, 0.2) is 5.82 Å². The molecule has 186 valence electrons. The number of anilines is 1. The van der Waals surface area contributed by atoms with E-state index in [9.17, 15) is 13.6 Å². The van der Waals surface area contributed by atoms with Gasteiger partial charge in [0.1, 0.15) is 12.4 Å². The van der Waals surface area contributed by atoms with Crippen molar-refractivity contribution in [3.63, 3.8) is 0 Å².